The molecule has 0 rings (SSSR count). The van der Waals surface area contributed by atoms with E-state index >= 15 is 0 Å². The van der Waals surface area contributed by atoms with Gasteiger partial charge in [-0.05, 0) is 17.4 Å². The van der Waals surface area contributed by atoms with Crippen LogP contribution < -0.4 is 11.5 Å². The lowest BCUT2D eigenvalue weighted by molar-refractivity contribution is 0.482. The molecule has 12 heavy (non-hydrogen) atoms. The van der Waals surface area contributed by atoms with E-state index in [9.17, 15) is 0 Å². The lowest BCUT2D eigenvalue weighted by Gasteiger charge is -2.24. The van der Waals surface area contributed by atoms with Crippen molar-refractivity contribution in [3.8, 4) is 0 Å². The van der Waals surface area contributed by atoms with Gasteiger partial charge in [0, 0.05) is 5.70 Å². The fourth-order valence-corrected chi connectivity index (χ4v) is 1.32. The van der Waals surface area contributed by atoms with Gasteiger partial charge in [0.15, 0.2) is 0 Å². The van der Waals surface area contributed by atoms with Crippen molar-refractivity contribution in [1.82, 2.24) is 0 Å². The summed E-state index contributed by atoms with van der Waals surface area (Å²) >= 11 is 0. The lowest BCUT2D eigenvalue weighted by Crippen LogP contribution is -2.19. The summed E-state index contributed by atoms with van der Waals surface area (Å²) in [5.41, 5.74) is 13.7. The highest BCUT2D eigenvalue weighted by molar-refractivity contribution is 5.31. The summed E-state index contributed by atoms with van der Waals surface area (Å²) in [6, 6.07) is 0. The minimum Gasteiger partial charge on any atom is -0.398 e. The average molecular weight is 168 g/mol. The van der Waals surface area contributed by atoms with E-state index in [1.54, 1.807) is 0 Å². The first kappa shape index (κ1) is 11.1. The Morgan fingerprint density at radius 3 is 1.75 bits per heavy atom. The van der Waals surface area contributed by atoms with Gasteiger partial charge >= 0.3 is 0 Å². The van der Waals surface area contributed by atoms with Crippen molar-refractivity contribution in [3.63, 3.8) is 0 Å². The molecule has 0 unspecified atom stereocenters. The normalized spacial score (nSPS) is 14.0. The third-order valence-electron chi connectivity index (χ3n) is 1.93. The van der Waals surface area contributed by atoms with E-state index in [4.69, 9.17) is 11.5 Å². The monoisotopic (exact) mass is 168 g/mol. The van der Waals surface area contributed by atoms with Crippen LogP contribution in [0.25, 0.3) is 0 Å². The van der Waals surface area contributed by atoms with Gasteiger partial charge in [-0.3, -0.25) is 0 Å². The highest BCUT2D eigenvalue weighted by Gasteiger charge is 2.18. The smallest absolute Gasteiger partial charge is 0.0538 e. The van der Waals surface area contributed by atoms with Crippen molar-refractivity contribution < 1.29 is 0 Å². The molecule has 0 aromatic carbocycles. The van der Waals surface area contributed by atoms with Gasteiger partial charge in [0.2, 0.25) is 0 Å². The van der Waals surface area contributed by atoms with Crippen molar-refractivity contribution in [2.75, 3.05) is 0 Å². The predicted molar refractivity (Wildman–Crippen MR) is 54.3 cm³/mol. The Bertz CT molecular complexity index is 206. The first-order valence-electron chi connectivity index (χ1n) is 4.24. The zero-order chi connectivity index (χ0) is 9.94. The summed E-state index contributed by atoms with van der Waals surface area (Å²) in [4.78, 5) is 0. The molecule has 2 heteroatoms. The number of rotatable bonds is 2. The van der Waals surface area contributed by atoms with E-state index in [0.717, 1.165) is 6.42 Å². The zero-order valence-electron chi connectivity index (χ0n) is 8.57. The van der Waals surface area contributed by atoms with Crippen molar-refractivity contribution in [1.29, 1.82) is 0 Å². The van der Waals surface area contributed by atoms with Crippen LogP contribution in [0.15, 0.2) is 23.5 Å². The second kappa shape index (κ2) is 3.65. The molecule has 0 heterocycles. The molecule has 0 radical (unpaired) electrons. The highest BCUT2D eigenvalue weighted by atomic mass is 14.7. The van der Waals surface area contributed by atoms with Gasteiger partial charge in [0.25, 0.3) is 0 Å². The van der Waals surface area contributed by atoms with Crippen LogP contribution in [-0.4, -0.2) is 0 Å². The summed E-state index contributed by atoms with van der Waals surface area (Å²) in [6.07, 6.45) is 0.922. The topological polar surface area (TPSA) is 52.0 Å². The summed E-state index contributed by atoms with van der Waals surface area (Å²) in [5.74, 6) is 0. The fraction of sp³-hybridized carbons (Fsp3) is 0.600. The molecule has 4 N–H and O–H groups in total. The minimum absolute atomic E-state index is 0.0845. The van der Waals surface area contributed by atoms with Gasteiger partial charge in [0.05, 0.1) is 5.70 Å². The summed E-state index contributed by atoms with van der Waals surface area (Å²) in [6.45, 7) is 12.1. The highest BCUT2D eigenvalue weighted by Crippen LogP contribution is 2.29. The van der Waals surface area contributed by atoms with Crippen LogP contribution in [0.2, 0.25) is 0 Å². The van der Waals surface area contributed by atoms with Crippen LogP contribution in [0, 0.1) is 5.41 Å². The van der Waals surface area contributed by atoms with E-state index in [-0.39, 0.29) is 5.41 Å². The molecule has 70 valence electrons. The largest absolute Gasteiger partial charge is 0.398 e. The Kier molecular flexibility index (Phi) is 3.37. The van der Waals surface area contributed by atoms with Crippen LogP contribution in [-0.2, 0) is 0 Å². The SMILES string of the molecule is C=C(N)/C(N)=C(\CC)C(C)(C)C. The first-order valence-corrected chi connectivity index (χ1v) is 4.24. The predicted octanol–water partition coefficient (Wildman–Crippen LogP) is 2.13. The molecular weight excluding hydrogens is 148 g/mol. The maximum absolute atomic E-state index is 5.81. The summed E-state index contributed by atoms with van der Waals surface area (Å²) in [5, 5.41) is 0. The molecule has 0 atom stereocenters. The van der Waals surface area contributed by atoms with E-state index < -0.39 is 0 Å². The molecule has 2 nitrogen and oxygen atoms in total. The Morgan fingerprint density at radius 2 is 1.67 bits per heavy atom. The number of hydrogen-bond acceptors (Lipinski definition) is 2. The molecule has 0 aromatic rings. The summed E-state index contributed by atoms with van der Waals surface area (Å²) < 4.78 is 0. The summed E-state index contributed by atoms with van der Waals surface area (Å²) in [7, 11) is 0. The molecule has 0 bridgehead atoms. The van der Waals surface area contributed by atoms with Gasteiger partial charge in [-0.25, -0.2) is 0 Å². The molecule has 0 saturated heterocycles. The lowest BCUT2D eigenvalue weighted by atomic mass is 9.83. The maximum Gasteiger partial charge on any atom is 0.0538 e. The van der Waals surface area contributed by atoms with Crippen LogP contribution in [0.3, 0.4) is 0 Å². The number of allylic oxidation sites excluding steroid dienone is 1. The van der Waals surface area contributed by atoms with Gasteiger partial charge < -0.3 is 11.5 Å². The second-order valence-electron chi connectivity index (χ2n) is 4.02. The zero-order valence-corrected chi connectivity index (χ0v) is 8.57. The average Bonchev–Trinajstić information content (AvgIpc) is 1.85. The molecule has 0 aromatic heterocycles. The molecule has 0 fully saturated rings. The van der Waals surface area contributed by atoms with Crippen molar-refractivity contribution in [2.24, 2.45) is 16.9 Å². The van der Waals surface area contributed by atoms with Crippen molar-refractivity contribution in [3.05, 3.63) is 23.5 Å². The molecular formula is C10H20N2. The quantitative estimate of drug-likeness (QED) is 0.620. The van der Waals surface area contributed by atoms with Crippen molar-refractivity contribution in [2.45, 2.75) is 34.1 Å². The molecule has 0 saturated carbocycles. The Hall–Kier alpha value is -0.920. The van der Waals surface area contributed by atoms with Crippen LogP contribution in [0.5, 0.6) is 0 Å². The van der Waals surface area contributed by atoms with E-state index in [2.05, 4.69) is 34.3 Å². The molecule has 0 aliphatic heterocycles. The van der Waals surface area contributed by atoms with E-state index in [1.807, 2.05) is 0 Å². The molecule has 0 spiro atoms. The van der Waals surface area contributed by atoms with E-state index in [1.165, 1.54) is 5.57 Å². The van der Waals surface area contributed by atoms with Gasteiger partial charge in [-0.15, -0.1) is 0 Å². The number of nitrogens with two attached hydrogens (primary N) is 2. The van der Waals surface area contributed by atoms with Crippen LogP contribution in [0.4, 0.5) is 0 Å². The van der Waals surface area contributed by atoms with Gasteiger partial charge in [0.1, 0.15) is 0 Å². The Balaban J connectivity index is 5.01. The second-order valence-corrected chi connectivity index (χ2v) is 4.02. The van der Waals surface area contributed by atoms with Crippen molar-refractivity contribution >= 4 is 0 Å². The third-order valence-corrected chi connectivity index (χ3v) is 1.93. The minimum atomic E-state index is 0.0845. The Morgan fingerprint density at radius 1 is 1.25 bits per heavy atom. The molecule has 0 aliphatic carbocycles. The van der Waals surface area contributed by atoms with Gasteiger partial charge in [-0.1, -0.05) is 34.3 Å². The standard InChI is InChI=1S/C10H20N2/c1-6-8(10(3,4)5)9(12)7(2)11/h2,6,11-12H2,1,3-5H3/b9-8-. The molecule has 0 amide bonds. The van der Waals surface area contributed by atoms with Crippen LogP contribution >= 0.6 is 0 Å². The van der Waals surface area contributed by atoms with Gasteiger partial charge in [-0.2, -0.15) is 0 Å². The first-order chi connectivity index (χ1) is 5.30. The van der Waals surface area contributed by atoms with Crippen LogP contribution in [0.1, 0.15) is 34.1 Å². The Labute approximate surface area is 75.3 Å². The maximum atomic E-state index is 5.81. The number of hydrogen-bond donors (Lipinski definition) is 2. The van der Waals surface area contributed by atoms with E-state index in [0.29, 0.717) is 11.4 Å². The third kappa shape index (κ3) is 2.61. The fourth-order valence-electron chi connectivity index (χ4n) is 1.32. The molecule has 0 aliphatic rings.